The zero-order valence-corrected chi connectivity index (χ0v) is 14.2. The molecule has 0 aromatic heterocycles. The van der Waals surface area contributed by atoms with E-state index >= 15 is 0 Å². The molecule has 1 saturated carbocycles. The lowest BCUT2D eigenvalue weighted by molar-refractivity contribution is -0.128. The molecular weight excluding hydrogens is 330 g/mol. The molecule has 1 aromatic carbocycles. The summed E-state index contributed by atoms with van der Waals surface area (Å²) < 4.78 is 5.41. The third kappa shape index (κ3) is 2.84. The van der Waals surface area contributed by atoms with E-state index in [1.165, 1.54) is 6.42 Å². The number of carbonyl (C=O) groups is 2. The third-order valence-electron chi connectivity index (χ3n) is 5.36. The summed E-state index contributed by atoms with van der Waals surface area (Å²) in [7, 11) is 0. The van der Waals surface area contributed by atoms with Gasteiger partial charge in [-0.15, -0.1) is 12.4 Å². The van der Waals surface area contributed by atoms with Crippen LogP contribution in [-0.2, 0) is 9.59 Å². The Kier molecular flexibility index (Phi) is 4.69. The molecule has 1 aromatic rings. The first-order chi connectivity index (χ1) is 11.2. The molecule has 4 rings (SSSR count). The van der Waals surface area contributed by atoms with Crippen LogP contribution in [0.4, 0.5) is 11.4 Å². The molecule has 0 radical (unpaired) electrons. The number of rotatable bonds is 2. The van der Waals surface area contributed by atoms with E-state index in [0.717, 1.165) is 38.0 Å². The summed E-state index contributed by atoms with van der Waals surface area (Å²) in [5, 5.41) is 9.21. The van der Waals surface area contributed by atoms with Gasteiger partial charge in [-0.3, -0.25) is 9.59 Å². The number of hydrogen-bond donors (Lipinski definition) is 3. The van der Waals surface area contributed by atoms with E-state index in [4.69, 9.17) is 4.74 Å². The van der Waals surface area contributed by atoms with Crippen LogP contribution in [0.5, 0.6) is 5.75 Å². The molecule has 7 heteroatoms. The fourth-order valence-corrected chi connectivity index (χ4v) is 4.10. The maximum absolute atomic E-state index is 12.9. The van der Waals surface area contributed by atoms with Crippen molar-refractivity contribution >= 4 is 35.6 Å². The van der Waals surface area contributed by atoms with E-state index in [1.807, 2.05) is 6.07 Å². The quantitative estimate of drug-likeness (QED) is 0.763. The summed E-state index contributed by atoms with van der Waals surface area (Å²) in [6.45, 7) is 1.72. The summed E-state index contributed by atoms with van der Waals surface area (Å²) >= 11 is 0. The third-order valence-corrected chi connectivity index (χ3v) is 5.36. The second-order valence-corrected chi connectivity index (χ2v) is 6.73. The average Bonchev–Trinajstić information content (AvgIpc) is 3.00. The van der Waals surface area contributed by atoms with Gasteiger partial charge in [0.05, 0.1) is 11.1 Å². The molecule has 2 amide bonds. The topological polar surface area (TPSA) is 79.5 Å². The SMILES string of the molecule is Cl.O=C1COc2cc(NC(=O)[C@@]34CCCC[C@H]3CNC4)ccc2N1. The van der Waals surface area contributed by atoms with Crippen LogP contribution in [-0.4, -0.2) is 31.5 Å². The number of nitrogens with one attached hydrogen (secondary N) is 3. The van der Waals surface area contributed by atoms with Gasteiger partial charge in [0.15, 0.2) is 6.61 Å². The van der Waals surface area contributed by atoms with E-state index in [9.17, 15) is 9.59 Å². The van der Waals surface area contributed by atoms with Crippen LogP contribution >= 0.6 is 12.4 Å². The van der Waals surface area contributed by atoms with Crippen molar-refractivity contribution in [2.75, 3.05) is 30.3 Å². The number of anilines is 2. The molecule has 1 saturated heterocycles. The van der Waals surface area contributed by atoms with E-state index in [2.05, 4.69) is 16.0 Å². The number of benzene rings is 1. The van der Waals surface area contributed by atoms with Gasteiger partial charge in [0.1, 0.15) is 5.75 Å². The maximum atomic E-state index is 12.9. The monoisotopic (exact) mass is 351 g/mol. The average molecular weight is 352 g/mol. The Morgan fingerprint density at radius 1 is 1.33 bits per heavy atom. The standard InChI is InChI=1S/C17H21N3O3.ClH/c21-15-9-23-14-7-12(4-5-13(14)20-15)19-16(22)17-6-2-1-3-11(17)8-18-10-17;/h4-5,7,11,18H,1-3,6,8-10H2,(H,19,22)(H,20,21);1H/t11-,17+;/m0./s1. The molecule has 3 N–H and O–H groups in total. The highest BCUT2D eigenvalue weighted by atomic mass is 35.5. The number of amides is 2. The van der Waals surface area contributed by atoms with Gasteiger partial charge >= 0.3 is 0 Å². The predicted octanol–water partition coefficient (Wildman–Crippen LogP) is 2.16. The van der Waals surface area contributed by atoms with Crippen molar-refractivity contribution < 1.29 is 14.3 Å². The summed E-state index contributed by atoms with van der Waals surface area (Å²) in [5.74, 6) is 0.983. The highest BCUT2D eigenvalue weighted by molar-refractivity contribution is 5.98. The van der Waals surface area contributed by atoms with Crippen molar-refractivity contribution in [2.24, 2.45) is 11.3 Å². The Labute approximate surface area is 147 Å². The molecule has 2 fully saturated rings. The van der Waals surface area contributed by atoms with Gasteiger partial charge in [-0.2, -0.15) is 0 Å². The number of carbonyl (C=O) groups excluding carboxylic acids is 2. The Hall–Kier alpha value is -1.79. The van der Waals surface area contributed by atoms with Gasteiger partial charge in [-0.25, -0.2) is 0 Å². The molecule has 2 heterocycles. The zero-order chi connectivity index (χ0) is 15.9. The van der Waals surface area contributed by atoms with Crippen LogP contribution in [0.1, 0.15) is 25.7 Å². The van der Waals surface area contributed by atoms with E-state index < -0.39 is 0 Å². The largest absolute Gasteiger partial charge is 0.482 e. The Morgan fingerprint density at radius 3 is 3.08 bits per heavy atom. The summed E-state index contributed by atoms with van der Waals surface area (Å²) in [4.78, 5) is 24.2. The summed E-state index contributed by atoms with van der Waals surface area (Å²) in [6.07, 6.45) is 4.41. The molecule has 0 bridgehead atoms. The lowest BCUT2D eigenvalue weighted by Crippen LogP contribution is -2.44. The van der Waals surface area contributed by atoms with Crippen LogP contribution in [0.2, 0.25) is 0 Å². The molecule has 0 unspecified atom stereocenters. The Bertz CT molecular complexity index is 666. The molecule has 2 atom stereocenters. The predicted molar refractivity (Wildman–Crippen MR) is 93.7 cm³/mol. The van der Waals surface area contributed by atoms with E-state index in [-0.39, 0.29) is 36.2 Å². The molecule has 2 aliphatic heterocycles. The Balaban J connectivity index is 0.00000169. The minimum Gasteiger partial charge on any atom is -0.482 e. The smallest absolute Gasteiger partial charge is 0.262 e. The molecular formula is C17H22ClN3O3. The first-order valence-electron chi connectivity index (χ1n) is 8.26. The van der Waals surface area contributed by atoms with Crippen molar-refractivity contribution in [3.8, 4) is 5.75 Å². The van der Waals surface area contributed by atoms with Crippen LogP contribution in [0.15, 0.2) is 18.2 Å². The normalized spacial score (nSPS) is 27.8. The lowest BCUT2D eigenvalue weighted by atomic mass is 9.67. The maximum Gasteiger partial charge on any atom is 0.262 e. The van der Waals surface area contributed by atoms with Crippen LogP contribution in [0.3, 0.4) is 0 Å². The van der Waals surface area contributed by atoms with Gasteiger partial charge in [-0.05, 0) is 37.4 Å². The van der Waals surface area contributed by atoms with Gasteiger partial charge < -0.3 is 20.7 Å². The first-order valence-corrected chi connectivity index (χ1v) is 8.26. The van der Waals surface area contributed by atoms with Gasteiger partial charge in [0, 0.05) is 18.3 Å². The lowest BCUT2D eigenvalue weighted by Gasteiger charge is -2.37. The van der Waals surface area contributed by atoms with Crippen molar-refractivity contribution in [2.45, 2.75) is 25.7 Å². The zero-order valence-electron chi connectivity index (χ0n) is 13.4. The van der Waals surface area contributed by atoms with Crippen LogP contribution < -0.4 is 20.7 Å². The Morgan fingerprint density at radius 2 is 2.21 bits per heavy atom. The van der Waals surface area contributed by atoms with Gasteiger partial charge in [0.25, 0.3) is 5.91 Å². The van der Waals surface area contributed by atoms with Crippen molar-refractivity contribution in [1.29, 1.82) is 0 Å². The van der Waals surface area contributed by atoms with E-state index in [1.54, 1.807) is 12.1 Å². The number of hydrogen-bond acceptors (Lipinski definition) is 4. The van der Waals surface area contributed by atoms with Gasteiger partial charge in [0.2, 0.25) is 5.91 Å². The second kappa shape index (κ2) is 6.61. The fraction of sp³-hybridized carbons (Fsp3) is 0.529. The number of halogens is 1. The number of fused-ring (bicyclic) bond motifs is 2. The van der Waals surface area contributed by atoms with Gasteiger partial charge in [-0.1, -0.05) is 12.8 Å². The van der Waals surface area contributed by atoms with Crippen molar-refractivity contribution in [3.05, 3.63) is 18.2 Å². The highest BCUT2D eigenvalue weighted by Crippen LogP contribution is 2.44. The van der Waals surface area contributed by atoms with E-state index in [0.29, 0.717) is 17.4 Å². The molecule has 6 nitrogen and oxygen atoms in total. The first kappa shape index (κ1) is 17.0. The summed E-state index contributed by atoms with van der Waals surface area (Å²) in [6, 6.07) is 5.36. The summed E-state index contributed by atoms with van der Waals surface area (Å²) in [5.41, 5.74) is 1.09. The molecule has 130 valence electrons. The minimum absolute atomic E-state index is 0. The van der Waals surface area contributed by atoms with Crippen LogP contribution in [0.25, 0.3) is 0 Å². The van der Waals surface area contributed by atoms with Crippen molar-refractivity contribution in [3.63, 3.8) is 0 Å². The minimum atomic E-state index is -0.275. The molecule has 24 heavy (non-hydrogen) atoms. The van der Waals surface area contributed by atoms with Crippen molar-refractivity contribution in [1.82, 2.24) is 5.32 Å². The number of ether oxygens (including phenoxy) is 1. The second-order valence-electron chi connectivity index (χ2n) is 6.73. The van der Waals surface area contributed by atoms with Crippen LogP contribution in [0, 0.1) is 11.3 Å². The molecule has 1 aliphatic carbocycles. The fourth-order valence-electron chi connectivity index (χ4n) is 4.10. The highest BCUT2D eigenvalue weighted by Gasteiger charge is 2.49. The molecule has 3 aliphatic rings. The molecule has 0 spiro atoms.